The summed E-state index contributed by atoms with van der Waals surface area (Å²) in [4.78, 5) is 22.3. The van der Waals surface area contributed by atoms with Gasteiger partial charge < -0.3 is 9.84 Å². The van der Waals surface area contributed by atoms with Crippen LogP contribution in [0.2, 0.25) is 0 Å². The molecule has 0 spiro atoms. The molecule has 6 nitrogen and oxygen atoms in total. The van der Waals surface area contributed by atoms with Crippen molar-refractivity contribution >= 4 is 34.7 Å². The first-order chi connectivity index (χ1) is 13.7. The van der Waals surface area contributed by atoms with Crippen LogP contribution in [0, 0.1) is 13.8 Å². The van der Waals surface area contributed by atoms with E-state index in [0.29, 0.717) is 31.0 Å². The fraction of sp³-hybridized carbons (Fsp3) is 0.429. The highest BCUT2D eigenvalue weighted by Crippen LogP contribution is 2.32. The van der Waals surface area contributed by atoms with Crippen molar-refractivity contribution in [3.8, 4) is 0 Å². The maximum absolute atomic E-state index is 12.3. The van der Waals surface area contributed by atoms with Crippen molar-refractivity contribution in [2.75, 3.05) is 5.32 Å². The van der Waals surface area contributed by atoms with E-state index in [9.17, 15) is 4.79 Å². The van der Waals surface area contributed by atoms with Gasteiger partial charge in [-0.2, -0.15) is 4.98 Å². The van der Waals surface area contributed by atoms with Gasteiger partial charge in [-0.1, -0.05) is 37.7 Å². The quantitative estimate of drug-likeness (QED) is 0.529. The van der Waals surface area contributed by atoms with E-state index in [2.05, 4.69) is 26.5 Å². The number of benzene rings is 1. The number of hydrogen-bond acceptors (Lipinski definition) is 7. The van der Waals surface area contributed by atoms with Crippen molar-refractivity contribution in [3.05, 3.63) is 46.6 Å². The molecule has 0 aliphatic heterocycles. The second kappa shape index (κ2) is 9.09. The van der Waals surface area contributed by atoms with Crippen LogP contribution in [0.1, 0.15) is 56.6 Å². The van der Waals surface area contributed by atoms with Crippen LogP contribution in [0.4, 0.5) is 5.69 Å². The molecule has 0 aliphatic rings. The predicted octanol–water partition coefficient (Wildman–Crippen LogP) is 5.55. The van der Waals surface area contributed by atoms with E-state index < -0.39 is 0 Å². The number of amides is 1. The van der Waals surface area contributed by atoms with Gasteiger partial charge in [0, 0.05) is 39.9 Å². The Bertz CT molecular complexity index is 989. The molecule has 8 heteroatoms. The summed E-state index contributed by atoms with van der Waals surface area (Å²) in [5.74, 6) is 1.26. The lowest BCUT2D eigenvalue weighted by Gasteiger charge is -2.10. The molecule has 0 aliphatic carbocycles. The lowest BCUT2D eigenvalue weighted by Crippen LogP contribution is -2.13. The van der Waals surface area contributed by atoms with Crippen molar-refractivity contribution in [2.45, 2.75) is 68.5 Å². The molecule has 0 radical (unpaired) electrons. The zero-order valence-corrected chi connectivity index (χ0v) is 19.0. The van der Waals surface area contributed by atoms with Crippen molar-refractivity contribution in [1.29, 1.82) is 0 Å². The number of thiazole rings is 1. The molecule has 0 atom stereocenters. The molecule has 0 bridgehead atoms. The summed E-state index contributed by atoms with van der Waals surface area (Å²) in [6.07, 6.45) is 1.66. The van der Waals surface area contributed by atoms with Gasteiger partial charge in [0.05, 0.1) is 0 Å². The Morgan fingerprint density at radius 1 is 1.24 bits per heavy atom. The monoisotopic (exact) mass is 430 g/mol. The molecule has 1 N–H and O–H groups in total. The second-order valence-electron chi connectivity index (χ2n) is 8.00. The van der Waals surface area contributed by atoms with Gasteiger partial charge in [0.1, 0.15) is 0 Å². The normalized spacial score (nSPS) is 11.6. The number of carbonyl (C=O) groups excluding carboxylic acids is 1. The van der Waals surface area contributed by atoms with Gasteiger partial charge in [-0.3, -0.25) is 4.79 Å². The molecule has 2 heterocycles. The average Bonchev–Trinajstić information content (AvgIpc) is 3.26. The van der Waals surface area contributed by atoms with Crippen LogP contribution in [0.25, 0.3) is 0 Å². The fourth-order valence-electron chi connectivity index (χ4n) is 2.59. The molecule has 0 fully saturated rings. The number of rotatable bonds is 7. The minimum atomic E-state index is -0.139. The van der Waals surface area contributed by atoms with E-state index in [1.165, 1.54) is 0 Å². The molecule has 3 rings (SSSR count). The van der Waals surface area contributed by atoms with Crippen molar-refractivity contribution in [2.24, 2.45) is 0 Å². The summed E-state index contributed by atoms with van der Waals surface area (Å²) in [6.45, 7) is 10.1. The second-order valence-corrected chi connectivity index (χ2v) is 10.2. The smallest absolute Gasteiger partial charge is 0.226 e. The first-order valence-electron chi connectivity index (χ1n) is 9.54. The van der Waals surface area contributed by atoms with Gasteiger partial charge in [0.15, 0.2) is 10.2 Å². The van der Waals surface area contributed by atoms with Crippen LogP contribution in [0.3, 0.4) is 0 Å². The summed E-state index contributed by atoms with van der Waals surface area (Å²) in [5.41, 5.74) is 2.76. The van der Waals surface area contributed by atoms with E-state index >= 15 is 0 Å². The summed E-state index contributed by atoms with van der Waals surface area (Å²) in [5, 5.41) is 9.05. The molecule has 0 unspecified atom stereocenters. The van der Waals surface area contributed by atoms with Crippen LogP contribution >= 0.6 is 23.1 Å². The Hall–Kier alpha value is -2.19. The predicted molar refractivity (Wildman–Crippen MR) is 117 cm³/mol. The van der Waals surface area contributed by atoms with Crippen LogP contribution < -0.4 is 5.32 Å². The Morgan fingerprint density at radius 2 is 2.03 bits per heavy atom. The van der Waals surface area contributed by atoms with Crippen molar-refractivity contribution in [1.82, 2.24) is 15.1 Å². The lowest BCUT2D eigenvalue weighted by atomic mass is 9.96. The van der Waals surface area contributed by atoms with Crippen LogP contribution in [0.5, 0.6) is 0 Å². The standard InChI is InChI=1S/C21H26N4O2S2/c1-13-11-15(29-20-22-14(2)12-28-20)9-10-16(13)23-17(26)7-6-8-18-24-19(25-27-18)21(3,4)5/h9-12H,6-8H2,1-5H3,(H,23,26). The maximum Gasteiger partial charge on any atom is 0.226 e. The SMILES string of the molecule is Cc1csc(Sc2ccc(NC(=O)CCCc3nc(C(C)(C)C)no3)c(C)c2)n1. The van der Waals surface area contributed by atoms with E-state index in [4.69, 9.17) is 4.52 Å². The maximum atomic E-state index is 12.3. The highest BCUT2D eigenvalue weighted by molar-refractivity contribution is 8.01. The molecule has 0 saturated heterocycles. The number of aromatic nitrogens is 3. The third kappa shape index (κ3) is 6.14. The zero-order chi connectivity index (χ0) is 21.0. The van der Waals surface area contributed by atoms with Gasteiger partial charge in [0.2, 0.25) is 11.8 Å². The Morgan fingerprint density at radius 3 is 2.66 bits per heavy atom. The van der Waals surface area contributed by atoms with E-state index in [-0.39, 0.29) is 11.3 Å². The Balaban J connectivity index is 1.49. The van der Waals surface area contributed by atoms with Gasteiger partial charge in [-0.25, -0.2) is 4.98 Å². The summed E-state index contributed by atoms with van der Waals surface area (Å²) >= 11 is 3.28. The molecule has 29 heavy (non-hydrogen) atoms. The largest absolute Gasteiger partial charge is 0.339 e. The topological polar surface area (TPSA) is 80.9 Å². The molecule has 3 aromatic rings. The van der Waals surface area contributed by atoms with Gasteiger partial charge >= 0.3 is 0 Å². The zero-order valence-electron chi connectivity index (χ0n) is 17.4. The molecule has 1 amide bonds. The van der Waals surface area contributed by atoms with E-state index in [1.54, 1.807) is 23.1 Å². The Labute approximate surface area is 179 Å². The number of nitrogens with one attached hydrogen (secondary N) is 1. The summed E-state index contributed by atoms with van der Waals surface area (Å²) < 4.78 is 6.30. The van der Waals surface area contributed by atoms with Gasteiger partial charge in [-0.15, -0.1) is 11.3 Å². The first kappa shape index (κ1) is 21.5. The number of nitrogens with zero attached hydrogens (tertiary/aromatic N) is 3. The highest BCUT2D eigenvalue weighted by Gasteiger charge is 2.20. The van der Waals surface area contributed by atoms with E-state index in [1.807, 2.05) is 52.1 Å². The third-order valence-corrected chi connectivity index (χ3v) is 6.25. The molecule has 154 valence electrons. The Kier molecular flexibility index (Phi) is 6.74. The van der Waals surface area contributed by atoms with Crippen LogP contribution in [-0.4, -0.2) is 21.0 Å². The van der Waals surface area contributed by atoms with Crippen molar-refractivity contribution in [3.63, 3.8) is 0 Å². The lowest BCUT2D eigenvalue weighted by molar-refractivity contribution is -0.116. The molecule has 0 saturated carbocycles. The number of anilines is 1. The third-order valence-electron chi connectivity index (χ3n) is 4.21. The van der Waals surface area contributed by atoms with Crippen molar-refractivity contribution < 1.29 is 9.32 Å². The number of hydrogen-bond donors (Lipinski definition) is 1. The number of carbonyl (C=O) groups is 1. The summed E-state index contributed by atoms with van der Waals surface area (Å²) in [7, 11) is 0. The minimum Gasteiger partial charge on any atom is -0.339 e. The van der Waals surface area contributed by atoms with E-state index in [0.717, 1.165) is 26.2 Å². The van der Waals surface area contributed by atoms with Crippen LogP contribution in [0.15, 0.2) is 37.3 Å². The first-order valence-corrected chi connectivity index (χ1v) is 11.2. The summed E-state index contributed by atoms with van der Waals surface area (Å²) in [6, 6.07) is 6.03. The highest BCUT2D eigenvalue weighted by atomic mass is 32.2. The molecular formula is C21H26N4O2S2. The van der Waals surface area contributed by atoms with Gasteiger partial charge in [0.25, 0.3) is 0 Å². The van der Waals surface area contributed by atoms with Crippen LogP contribution in [-0.2, 0) is 16.6 Å². The fourth-order valence-corrected chi connectivity index (χ4v) is 4.50. The number of aryl methyl sites for hydroxylation is 3. The van der Waals surface area contributed by atoms with Gasteiger partial charge in [-0.05, 0) is 44.0 Å². The molecule has 2 aromatic heterocycles. The minimum absolute atomic E-state index is 0.0142. The molecule has 1 aromatic carbocycles. The molecular weight excluding hydrogens is 404 g/mol. The average molecular weight is 431 g/mol.